The quantitative estimate of drug-likeness (QED) is 0.623. The van der Waals surface area contributed by atoms with Crippen LogP contribution in [-0.4, -0.2) is 16.9 Å². The molecule has 0 spiro atoms. The van der Waals surface area contributed by atoms with Gasteiger partial charge in [-0.15, -0.1) is 0 Å². The number of rotatable bonds is 5. The van der Waals surface area contributed by atoms with Gasteiger partial charge in [-0.2, -0.15) is 0 Å². The van der Waals surface area contributed by atoms with E-state index < -0.39 is 0 Å². The van der Waals surface area contributed by atoms with Crippen molar-refractivity contribution in [2.45, 2.75) is 6.54 Å². The molecule has 4 N–H and O–H groups in total. The Morgan fingerprint density at radius 3 is 2.64 bits per heavy atom. The van der Waals surface area contributed by atoms with E-state index in [9.17, 15) is 4.79 Å². The van der Waals surface area contributed by atoms with Crippen LogP contribution < -0.4 is 21.5 Å². The highest BCUT2D eigenvalue weighted by molar-refractivity contribution is 5.74. The van der Waals surface area contributed by atoms with Crippen molar-refractivity contribution < 1.29 is 9.94 Å². The van der Waals surface area contributed by atoms with E-state index in [0.29, 0.717) is 23.8 Å². The Hall–Kier alpha value is -3.25. The lowest BCUT2D eigenvalue weighted by Gasteiger charge is -2.14. The van der Waals surface area contributed by atoms with Crippen LogP contribution in [0, 0.1) is 0 Å². The van der Waals surface area contributed by atoms with Crippen LogP contribution in [-0.2, 0) is 6.54 Å². The van der Waals surface area contributed by atoms with Gasteiger partial charge in [-0.05, 0) is 41.5 Å². The molecule has 0 aliphatic heterocycles. The minimum absolute atomic E-state index is 0.149. The number of nitrogens with zero attached hydrogens (tertiary/aromatic N) is 1. The molecule has 0 saturated carbocycles. The number of hydrogen-bond acceptors (Lipinski definition) is 5. The maximum absolute atomic E-state index is 12.0. The number of nitrogens with one attached hydrogen (secondary N) is 1. The number of nitrogen functional groups attached to an aromatic ring is 1. The average Bonchev–Trinajstić information content (AvgIpc) is 2.64. The number of benzene rings is 2. The van der Waals surface area contributed by atoms with Gasteiger partial charge in [0.2, 0.25) is 0 Å². The maximum atomic E-state index is 12.0. The zero-order valence-corrected chi connectivity index (χ0v) is 13.8. The minimum Gasteiger partial charge on any atom is -0.496 e. The third-order valence-electron chi connectivity index (χ3n) is 3.99. The second-order valence-corrected chi connectivity index (χ2v) is 5.60. The van der Waals surface area contributed by atoms with Crippen molar-refractivity contribution in [3.8, 4) is 16.9 Å². The first-order valence-corrected chi connectivity index (χ1v) is 7.75. The summed E-state index contributed by atoms with van der Waals surface area (Å²) >= 11 is 0. The predicted octanol–water partition coefficient (Wildman–Crippen LogP) is 2.96. The molecule has 0 bridgehead atoms. The number of ether oxygens (including phenoxy) is 1. The molecule has 6 nitrogen and oxygen atoms in total. The maximum Gasteiger partial charge on any atom is 0.252 e. The standard InChI is InChI=1S/C19H19N3O3/c1-25-17-9-8-13(12-22-18(20)6-3-7-19(22)23)10-16(17)14-4-2-5-15(11-14)21-24/h2-11,21,24H,12,20H2,1H3. The fourth-order valence-electron chi connectivity index (χ4n) is 2.72. The average molecular weight is 337 g/mol. The molecule has 128 valence electrons. The second kappa shape index (κ2) is 7.11. The molecule has 25 heavy (non-hydrogen) atoms. The van der Waals surface area contributed by atoms with Crippen LogP contribution >= 0.6 is 0 Å². The van der Waals surface area contributed by atoms with E-state index in [0.717, 1.165) is 16.7 Å². The van der Waals surface area contributed by atoms with E-state index in [1.165, 1.54) is 10.6 Å². The van der Waals surface area contributed by atoms with Gasteiger partial charge in [-0.25, -0.2) is 0 Å². The van der Waals surface area contributed by atoms with Gasteiger partial charge in [0.15, 0.2) is 0 Å². The van der Waals surface area contributed by atoms with Crippen molar-refractivity contribution in [1.29, 1.82) is 0 Å². The van der Waals surface area contributed by atoms with Crippen LogP contribution in [0.5, 0.6) is 5.75 Å². The summed E-state index contributed by atoms with van der Waals surface area (Å²) in [5, 5.41) is 9.11. The molecule has 0 aliphatic rings. The molecule has 0 unspecified atom stereocenters. The number of nitrogens with two attached hydrogens (primary N) is 1. The Labute approximate surface area is 145 Å². The lowest BCUT2D eigenvalue weighted by Crippen LogP contribution is -2.22. The number of anilines is 2. The van der Waals surface area contributed by atoms with E-state index in [1.807, 2.05) is 36.4 Å². The molecule has 0 aliphatic carbocycles. The molecule has 0 saturated heterocycles. The summed E-state index contributed by atoms with van der Waals surface area (Å²) in [6.07, 6.45) is 0. The molecule has 3 rings (SSSR count). The molecule has 0 radical (unpaired) electrons. The SMILES string of the molecule is COc1ccc(Cn2c(N)cccc2=O)cc1-c1cccc(NO)c1. The lowest BCUT2D eigenvalue weighted by atomic mass is 10.0. The highest BCUT2D eigenvalue weighted by Gasteiger charge is 2.09. The van der Waals surface area contributed by atoms with Gasteiger partial charge in [-0.3, -0.25) is 20.0 Å². The zero-order chi connectivity index (χ0) is 17.8. The normalized spacial score (nSPS) is 10.5. The van der Waals surface area contributed by atoms with Crippen LogP contribution in [0.1, 0.15) is 5.56 Å². The second-order valence-electron chi connectivity index (χ2n) is 5.60. The van der Waals surface area contributed by atoms with Crippen molar-refractivity contribution in [2.75, 3.05) is 18.3 Å². The predicted molar refractivity (Wildman–Crippen MR) is 98.1 cm³/mol. The van der Waals surface area contributed by atoms with Gasteiger partial charge < -0.3 is 10.5 Å². The summed E-state index contributed by atoms with van der Waals surface area (Å²) in [6, 6.07) is 17.8. The van der Waals surface area contributed by atoms with Crippen molar-refractivity contribution in [3.63, 3.8) is 0 Å². The van der Waals surface area contributed by atoms with Gasteiger partial charge in [0.05, 0.1) is 19.3 Å². The highest BCUT2D eigenvalue weighted by atomic mass is 16.5. The largest absolute Gasteiger partial charge is 0.496 e. The van der Waals surface area contributed by atoms with Crippen molar-refractivity contribution in [3.05, 3.63) is 76.6 Å². The van der Waals surface area contributed by atoms with E-state index in [4.69, 9.17) is 15.7 Å². The summed E-state index contributed by atoms with van der Waals surface area (Å²) in [6.45, 7) is 0.362. The Balaban J connectivity index is 2.04. The Morgan fingerprint density at radius 1 is 1.12 bits per heavy atom. The Kier molecular flexibility index (Phi) is 4.72. The van der Waals surface area contributed by atoms with E-state index in [2.05, 4.69) is 5.48 Å². The van der Waals surface area contributed by atoms with Crippen molar-refractivity contribution in [1.82, 2.24) is 4.57 Å². The fraction of sp³-hybridized carbons (Fsp3) is 0.105. The summed E-state index contributed by atoms with van der Waals surface area (Å²) in [5.41, 5.74) is 11.1. The number of hydrogen-bond donors (Lipinski definition) is 3. The van der Waals surface area contributed by atoms with Crippen molar-refractivity contribution in [2.24, 2.45) is 0 Å². The fourth-order valence-corrected chi connectivity index (χ4v) is 2.72. The van der Waals surface area contributed by atoms with Gasteiger partial charge in [0.25, 0.3) is 5.56 Å². The van der Waals surface area contributed by atoms with Crippen LogP contribution in [0.3, 0.4) is 0 Å². The Bertz CT molecular complexity index is 951. The van der Waals surface area contributed by atoms with E-state index >= 15 is 0 Å². The first-order chi connectivity index (χ1) is 12.1. The summed E-state index contributed by atoms with van der Waals surface area (Å²) in [4.78, 5) is 12.0. The number of pyridine rings is 1. The third kappa shape index (κ3) is 3.49. The summed E-state index contributed by atoms with van der Waals surface area (Å²) in [7, 11) is 1.60. The summed E-state index contributed by atoms with van der Waals surface area (Å²) < 4.78 is 6.96. The molecule has 0 atom stereocenters. The van der Waals surface area contributed by atoms with Gasteiger partial charge in [-0.1, -0.05) is 24.3 Å². The molecule has 1 heterocycles. The minimum atomic E-state index is -0.149. The molecule has 1 aromatic heterocycles. The monoisotopic (exact) mass is 337 g/mol. The lowest BCUT2D eigenvalue weighted by molar-refractivity contribution is 0.389. The van der Waals surface area contributed by atoms with Crippen LogP contribution in [0.25, 0.3) is 11.1 Å². The molecule has 6 heteroatoms. The molecule has 2 aromatic carbocycles. The van der Waals surface area contributed by atoms with Crippen LogP contribution in [0.15, 0.2) is 65.5 Å². The topological polar surface area (TPSA) is 89.5 Å². The van der Waals surface area contributed by atoms with Crippen molar-refractivity contribution >= 4 is 11.5 Å². The molecule has 3 aromatic rings. The van der Waals surface area contributed by atoms with Gasteiger partial charge >= 0.3 is 0 Å². The van der Waals surface area contributed by atoms with Crippen LogP contribution in [0.2, 0.25) is 0 Å². The van der Waals surface area contributed by atoms with Gasteiger partial charge in [0.1, 0.15) is 11.6 Å². The molecular formula is C19H19N3O3. The summed E-state index contributed by atoms with van der Waals surface area (Å²) in [5.74, 6) is 1.11. The Morgan fingerprint density at radius 2 is 1.92 bits per heavy atom. The first kappa shape index (κ1) is 16.6. The van der Waals surface area contributed by atoms with Crippen LogP contribution in [0.4, 0.5) is 11.5 Å². The van der Waals surface area contributed by atoms with E-state index in [-0.39, 0.29) is 5.56 Å². The highest BCUT2D eigenvalue weighted by Crippen LogP contribution is 2.32. The smallest absolute Gasteiger partial charge is 0.252 e. The molecule has 0 fully saturated rings. The number of aromatic nitrogens is 1. The third-order valence-corrected chi connectivity index (χ3v) is 3.99. The zero-order valence-electron chi connectivity index (χ0n) is 13.8. The first-order valence-electron chi connectivity index (χ1n) is 7.75. The van der Waals surface area contributed by atoms with E-state index in [1.54, 1.807) is 25.3 Å². The number of methoxy groups -OCH3 is 1. The molecule has 0 amide bonds. The molecular weight excluding hydrogens is 318 g/mol. The van der Waals surface area contributed by atoms with Gasteiger partial charge in [0, 0.05) is 11.6 Å².